The largest absolute Gasteiger partial charge is 0.390 e. The Morgan fingerprint density at radius 1 is 1.43 bits per heavy atom. The molecule has 84 valence electrons. The minimum absolute atomic E-state index is 0.275. The Balaban J connectivity index is 4.49. The van der Waals surface area contributed by atoms with Crippen LogP contribution >= 0.6 is 12.6 Å². The van der Waals surface area contributed by atoms with Crippen LogP contribution in [-0.4, -0.2) is 23.9 Å². The highest BCUT2D eigenvalue weighted by Crippen LogP contribution is 2.11. The second kappa shape index (κ2) is 7.04. The average Bonchev–Trinajstić information content (AvgIpc) is 2.11. The predicted molar refractivity (Wildman–Crippen MR) is 67.4 cm³/mol. The Labute approximate surface area is 94.2 Å². The van der Waals surface area contributed by atoms with Gasteiger partial charge in [0.15, 0.2) is 0 Å². The summed E-state index contributed by atoms with van der Waals surface area (Å²) in [6, 6.07) is 0. The molecule has 0 aliphatic rings. The number of hydrogen-bond acceptors (Lipinski definition) is 3. The van der Waals surface area contributed by atoms with Crippen LogP contribution in [0.3, 0.4) is 0 Å². The highest BCUT2D eigenvalue weighted by Gasteiger charge is 2.07. The maximum absolute atomic E-state index is 4.46. The molecule has 0 aromatic rings. The van der Waals surface area contributed by atoms with E-state index >= 15 is 0 Å². The predicted octanol–water partition coefficient (Wildman–Crippen LogP) is 2.69. The summed E-state index contributed by atoms with van der Waals surface area (Å²) < 4.78 is 0. The third kappa shape index (κ3) is 4.80. The van der Waals surface area contributed by atoms with Crippen LogP contribution in [0.2, 0.25) is 0 Å². The van der Waals surface area contributed by atoms with Crippen molar-refractivity contribution in [2.45, 2.75) is 39.5 Å². The van der Waals surface area contributed by atoms with Gasteiger partial charge in [-0.25, -0.2) is 0 Å². The van der Waals surface area contributed by atoms with Crippen LogP contribution in [0.25, 0.3) is 0 Å². The van der Waals surface area contributed by atoms with Gasteiger partial charge >= 0.3 is 0 Å². The van der Waals surface area contributed by atoms with E-state index in [-0.39, 0.29) is 5.37 Å². The summed E-state index contributed by atoms with van der Waals surface area (Å²) in [7, 11) is 1.97. The van der Waals surface area contributed by atoms with Gasteiger partial charge in [0.2, 0.25) is 0 Å². The Kier molecular flexibility index (Phi) is 6.89. The molecule has 3 heteroatoms. The fourth-order valence-corrected chi connectivity index (χ4v) is 1.48. The monoisotopic (exact) mass is 216 g/mol. The smallest absolute Gasteiger partial charge is 0.0688 e. The summed E-state index contributed by atoms with van der Waals surface area (Å²) in [5.74, 6) is 0.534. The van der Waals surface area contributed by atoms with Crippen molar-refractivity contribution in [1.82, 2.24) is 10.2 Å². The van der Waals surface area contributed by atoms with E-state index in [4.69, 9.17) is 0 Å². The lowest BCUT2D eigenvalue weighted by atomic mass is 10.1. The van der Waals surface area contributed by atoms with Crippen molar-refractivity contribution in [2.24, 2.45) is 5.92 Å². The van der Waals surface area contributed by atoms with Gasteiger partial charge < -0.3 is 10.2 Å². The number of nitrogens with one attached hydrogen (secondary N) is 1. The molecule has 0 bridgehead atoms. The highest BCUT2D eigenvalue weighted by molar-refractivity contribution is 7.80. The summed E-state index contributed by atoms with van der Waals surface area (Å²) in [6.45, 7) is 9.72. The van der Waals surface area contributed by atoms with Crippen molar-refractivity contribution < 1.29 is 0 Å². The zero-order valence-corrected chi connectivity index (χ0v) is 10.9. The van der Waals surface area contributed by atoms with Gasteiger partial charge in [-0.1, -0.05) is 20.8 Å². The van der Waals surface area contributed by atoms with Gasteiger partial charge in [0.05, 0.1) is 5.37 Å². The zero-order chi connectivity index (χ0) is 11.1. The van der Waals surface area contributed by atoms with E-state index in [9.17, 15) is 0 Å². The number of allylic oxidation sites excluding steroid dienone is 1. The van der Waals surface area contributed by atoms with Gasteiger partial charge in [0, 0.05) is 25.5 Å². The normalized spacial score (nSPS) is 14.4. The zero-order valence-electron chi connectivity index (χ0n) is 10.0. The minimum Gasteiger partial charge on any atom is -0.390 e. The number of thiol groups is 1. The molecule has 2 nitrogen and oxygen atoms in total. The van der Waals surface area contributed by atoms with Crippen LogP contribution in [0.15, 0.2) is 11.9 Å². The number of nitrogens with zero attached hydrogens (tertiary/aromatic N) is 1. The van der Waals surface area contributed by atoms with E-state index in [1.807, 2.05) is 7.05 Å². The summed E-state index contributed by atoms with van der Waals surface area (Å²) in [6.07, 6.45) is 3.34. The Morgan fingerprint density at radius 2 is 2.00 bits per heavy atom. The Morgan fingerprint density at radius 3 is 2.29 bits per heavy atom. The first-order valence-corrected chi connectivity index (χ1v) is 5.87. The first kappa shape index (κ1) is 13.7. The van der Waals surface area contributed by atoms with Crippen LogP contribution in [0.5, 0.6) is 0 Å². The molecule has 0 aromatic heterocycles. The van der Waals surface area contributed by atoms with Gasteiger partial charge in [-0.05, 0) is 19.3 Å². The molecule has 1 atom stereocenters. The third-order valence-electron chi connectivity index (χ3n) is 2.18. The van der Waals surface area contributed by atoms with Crippen LogP contribution in [0.4, 0.5) is 0 Å². The molecule has 0 aromatic carbocycles. The molecule has 0 saturated carbocycles. The molecule has 14 heavy (non-hydrogen) atoms. The fourth-order valence-electron chi connectivity index (χ4n) is 1.30. The SMILES string of the molecule is CCCN(/C=C(\NC)C(C)C)C(C)S. The van der Waals surface area contributed by atoms with Crippen molar-refractivity contribution in [2.75, 3.05) is 13.6 Å². The molecule has 0 aliphatic carbocycles. The minimum atomic E-state index is 0.275. The summed E-state index contributed by atoms with van der Waals surface area (Å²) in [4.78, 5) is 2.26. The van der Waals surface area contributed by atoms with Gasteiger partial charge in [0.25, 0.3) is 0 Å². The highest BCUT2D eigenvalue weighted by atomic mass is 32.1. The standard InChI is InChI=1S/C11H24N2S/c1-6-7-13(10(4)14)8-11(12-5)9(2)3/h8-10,12,14H,6-7H2,1-5H3/b11-8-. The molecule has 0 rings (SSSR count). The average molecular weight is 216 g/mol. The van der Waals surface area contributed by atoms with Crippen molar-refractivity contribution in [3.8, 4) is 0 Å². The van der Waals surface area contributed by atoms with Crippen molar-refractivity contribution in [3.05, 3.63) is 11.9 Å². The fraction of sp³-hybridized carbons (Fsp3) is 0.818. The first-order valence-electron chi connectivity index (χ1n) is 5.36. The maximum Gasteiger partial charge on any atom is 0.0688 e. The van der Waals surface area contributed by atoms with Crippen molar-refractivity contribution >= 4 is 12.6 Å². The van der Waals surface area contributed by atoms with Gasteiger partial charge in [-0.2, -0.15) is 12.6 Å². The van der Waals surface area contributed by atoms with Crippen LogP contribution in [-0.2, 0) is 0 Å². The molecule has 0 spiro atoms. The van der Waals surface area contributed by atoms with E-state index in [0.29, 0.717) is 5.92 Å². The van der Waals surface area contributed by atoms with E-state index in [0.717, 1.165) is 13.0 Å². The lowest BCUT2D eigenvalue weighted by molar-refractivity contribution is 0.362. The molecule has 0 radical (unpaired) electrons. The van der Waals surface area contributed by atoms with Crippen LogP contribution < -0.4 is 5.32 Å². The molecule has 0 aliphatic heterocycles. The molecule has 1 unspecified atom stereocenters. The number of hydrogen-bond donors (Lipinski definition) is 2. The van der Waals surface area contributed by atoms with E-state index in [1.54, 1.807) is 0 Å². The van der Waals surface area contributed by atoms with E-state index in [2.05, 4.69) is 56.7 Å². The third-order valence-corrected chi connectivity index (χ3v) is 2.47. The van der Waals surface area contributed by atoms with Crippen LogP contribution in [0.1, 0.15) is 34.1 Å². The maximum atomic E-state index is 4.46. The Hall–Kier alpha value is -0.310. The summed E-state index contributed by atoms with van der Waals surface area (Å²) in [5, 5.41) is 3.51. The molecule has 0 amide bonds. The van der Waals surface area contributed by atoms with E-state index < -0.39 is 0 Å². The quantitative estimate of drug-likeness (QED) is 0.524. The Bertz CT molecular complexity index is 176. The molecular weight excluding hydrogens is 192 g/mol. The summed E-state index contributed by atoms with van der Waals surface area (Å²) >= 11 is 4.46. The molecular formula is C11H24N2S. The molecule has 0 fully saturated rings. The van der Waals surface area contributed by atoms with E-state index in [1.165, 1.54) is 5.70 Å². The first-order chi connectivity index (χ1) is 6.52. The van der Waals surface area contributed by atoms with Crippen LogP contribution in [0, 0.1) is 5.92 Å². The summed E-state index contributed by atoms with van der Waals surface area (Å²) in [5.41, 5.74) is 1.26. The second-order valence-electron chi connectivity index (χ2n) is 3.86. The topological polar surface area (TPSA) is 15.3 Å². The lowest BCUT2D eigenvalue weighted by Crippen LogP contribution is -2.27. The van der Waals surface area contributed by atoms with Crippen molar-refractivity contribution in [1.29, 1.82) is 0 Å². The number of rotatable bonds is 6. The molecule has 0 heterocycles. The lowest BCUT2D eigenvalue weighted by Gasteiger charge is -2.26. The van der Waals surface area contributed by atoms with Gasteiger partial charge in [-0.15, -0.1) is 0 Å². The second-order valence-corrected chi connectivity index (χ2v) is 4.61. The van der Waals surface area contributed by atoms with Gasteiger partial charge in [-0.3, -0.25) is 0 Å². The molecule has 1 N–H and O–H groups in total. The van der Waals surface area contributed by atoms with Gasteiger partial charge in [0.1, 0.15) is 0 Å². The molecule has 0 saturated heterocycles. The van der Waals surface area contributed by atoms with Crippen molar-refractivity contribution in [3.63, 3.8) is 0 Å².